The molecule has 0 saturated carbocycles. The minimum absolute atomic E-state index is 0.283. The Morgan fingerprint density at radius 3 is 2.52 bits per heavy atom. The Morgan fingerprint density at radius 2 is 1.90 bits per heavy atom. The highest BCUT2D eigenvalue weighted by molar-refractivity contribution is 7.15. The maximum absolute atomic E-state index is 9.69. The van der Waals surface area contributed by atoms with Gasteiger partial charge in [0.25, 0.3) is 0 Å². The van der Waals surface area contributed by atoms with Gasteiger partial charge in [0.05, 0.1) is 0 Å². The fraction of sp³-hybridized carbons (Fsp3) is 0.867. The van der Waals surface area contributed by atoms with Crippen molar-refractivity contribution in [1.29, 1.82) is 0 Å². The van der Waals surface area contributed by atoms with Crippen LogP contribution in [-0.4, -0.2) is 59.5 Å². The highest BCUT2D eigenvalue weighted by atomic mass is 32.1. The summed E-state index contributed by atoms with van der Waals surface area (Å²) in [5.74, 6) is 1.37. The van der Waals surface area contributed by atoms with Gasteiger partial charge in [-0.05, 0) is 31.8 Å². The molecule has 1 aromatic heterocycles. The average Bonchev–Trinajstić information content (AvgIpc) is 3.19. The van der Waals surface area contributed by atoms with Crippen LogP contribution in [-0.2, 0) is 0 Å². The molecule has 0 bridgehead atoms. The van der Waals surface area contributed by atoms with Crippen molar-refractivity contribution < 1.29 is 5.11 Å². The van der Waals surface area contributed by atoms with E-state index in [1.165, 1.54) is 25.9 Å². The van der Waals surface area contributed by atoms with E-state index in [9.17, 15) is 5.11 Å². The molecule has 118 valence electrons. The highest BCUT2D eigenvalue weighted by Crippen LogP contribution is 2.32. The molecule has 3 heterocycles. The Bertz CT molecular complexity index is 458. The van der Waals surface area contributed by atoms with E-state index in [4.69, 9.17) is 0 Å². The predicted octanol–water partition coefficient (Wildman–Crippen LogP) is 1.80. The van der Waals surface area contributed by atoms with Crippen LogP contribution < -0.4 is 4.90 Å². The average molecular weight is 310 g/mol. The van der Waals surface area contributed by atoms with Crippen LogP contribution in [0.25, 0.3) is 0 Å². The van der Waals surface area contributed by atoms with Crippen molar-refractivity contribution in [2.45, 2.75) is 32.6 Å². The first-order valence-electron chi connectivity index (χ1n) is 8.09. The standard InChI is InChI=1S/C15H26N4OS/c1-11(2)14-16-17-15(21-14)19-8-12(13(9-19)10-20)7-18-5-3-4-6-18/h11-13,20H,3-10H2,1-2H3/t12-,13-/m1/s1. The van der Waals surface area contributed by atoms with Crippen LogP contribution in [0.4, 0.5) is 5.13 Å². The molecule has 1 N–H and O–H groups in total. The number of aromatic nitrogens is 2. The Kier molecular flexibility index (Phi) is 4.76. The van der Waals surface area contributed by atoms with Crippen LogP contribution in [0.2, 0.25) is 0 Å². The van der Waals surface area contributed by atoms with E-state index in [1.807, 2.05) is 0 Å². The second-order valence-corrected chi connectivity index (χ2v) is 7.68. The molecule has 21 heavy (non-hydrogen) atoms. The fourth-order valence-corrected chi connectivity index (χ4v) is 4.26. The number of hydrogen-bond donors (Lipinski definition) is 1. The molecular weight excluding hydrogens is 284 g/mol. The number of nitrogens with zero attached hydrogens (tertiary/aromatic N) is 4. The van der Waals surface area contributed by atoms with E-state index >= 15 is 0 Å². The van der Waals surface area contributed by atoms with E-state index in [-0.39, 0.29) is 6.61 Å². The molecule has 2 saturated heterocycles. The van der Waals surface area contributed by atoms with Gasteiger partial charge in [-0.15, -0.1) is 10.2 Å². The fourth-order valence-electron chi connectivity index (χ4n) is 3.39. The van der Waals surface area contributed by atoms with Gasteiger partial charge in [0.15, 0.2) is 0 Å². The molecule has 0 aliphatic carbocycles. The first-order valence-corrected chi connectivity index (χ1v) is 8.90. The van der Waals surface area contributed by atoms with Crippen molar-refractivity contribution in [3.05, 3.63) is 5.01 Å². The first kappa shape index (κ1) is 15.2. The summed E-state index contributed by atoms with van der Waals surface area (Å²) >= 11 is 1.70. The van der Waals surface area contributed by atoms with E-state index in [2.05, 4.69) is 33.8 Å². The summed E-state index contributed by atoms with van der Waals surface area (Å²) in [6, 6.07) is 0. The summed E-state index contributed by atoms with van der Waals surface area (Å²) in [5, 5.41) is 20.5. The third-order valence-electron chi connectivity index (χ3n) is 4.70. The molecule has 0 unspecified atom stereocenters. The maximum Gasteiger partial charge on any atom is 0.208 e. The van der Waals surface area contributed by atoms with Gasteiger partial charge in [-0.3, -0.25) is 0 Å². The topological polar surface area (TPSA) is 52.5 Å². The Hall–Kier alpha value is -0.720. The predicted molar refractivity (Wildman–Crippen MR) is 86.0 cm³/mol. The number of anilines is 1. The Balaban J connectivity index is 1.64. The largest absolute Gasteiger partial charge is 0.396 e. The van der Waals surface area contributed by atoms with Gasteiger partial charge in [-0.1, -0.05) is 25.2 Å². The molecule has 1 aromatic rings. The summed E-state index contributed by atoms with van der Waals surface area (Å²) in [5.41, 5.74) is 0. The number of likely N-dealkylation sites (tertiary alicyclic amines) is 1. The second kappa shape index (κ2) is 6.58. The van der Waals surface area contributed by atoms with Crippen LogP contribution in [0.5, 0.6) is 0 Å². The van der Waals surface area contributed by atoms with Gasteiger partial charge in [0.2, 0.25) is 5.13 Å². The summed E-state index contributed by atoms with van der Waals surface area (Å²) in [6.07, 6.45) is 2.66. The number of aliphatic hydroxyl groups is 1. The Morgan fingerprint density at radius 1 is 1.19 bits per heavy atom. The minimum Gasteiger partial charge on any atom is -0.396 e. The van der Waals surface area contributed by atoms with Crippen molar-refractivity contribution in [3.8, 4) is 0 Å². The van der Waals surface area contributed by atoms with Gasteiger partial charge in [-0.25, -0.2) is 0 Å². The van der Waals surface area contributed by atoms with Gasteiger partial charge in [0, 0.05) is 38.1 Å². The monoisotopic (exact) mass is 310 g/mol. The number of hydrogen-bond acceptors (Lipinski definition) is 6. The molecule has 0 aromatic carbocycles. The molecule has 0 radical (unpaired) electrons. The molecule has 2 atom stereocenters. The van der Waals surface area contributed by atoms with Crippen LogP contribution in [0, 0.1) is 11.8 Å². The first-order chi connectivity index (χ1) is 10.2. The van der Waals surface area contributed by atoms with Crippen molar-refractivity contribution in [2.24, 2.45) is 11.8 Å². The van der Waals surface area contributed by atoms with Crippen molar-refractivity contribution >= 4 is 16.5 Å². The van der Waals surface area contributed by atoms with Crippen LogP contribution >= 0.6 is 11.3 Å². The Labute approximate surface area is 131 Å². The van der Waals surface area contributed by atoms with Gasteiger partial charge < -0.3 is 14.9 Å². The second-order valence-electron chi connectivity index (χ2n) is 6.69. The zero-order valence-electron chi connectivity index (χ0n) is 13.0. The molecule has 2 aliphatic rings. The lowest BCUT2D eigenvalue weighted by molar-refractivity contribution is 0.176. The van der Waals surface area contributed by atoms with E-state index < -0.39 is 0 Å². The number of aliphatic hydroxyl groups excluding tert-OH is 1. The SMILES string of the molecule is CC(C)c1nnc(N2C[C@@H](CN3CCCC3)[C@@H](CO)C2)s1. The lowest BCUT2D eigenvalue weighted by atomic mass is 9.96. The van der Waals surface area contributed by atoms with Crippen LogP contribution in [0.1, 0.15) is 37.6 Å². The van der Waals surface area contributed by atoms with Crippen LogP contribution in [0.15, 0.2) is 0 Å². The zero-order chi connectivity index (χ0) is 14.8. The third kappa shape index (κ3) is 3.38. The number of rotatable bonds is 5. The van der Waals surface area contributed by atoms with Crippen molar-refractivity contribution in [2.75, 3.05) is 44.2 Å². The molecule has 0 amide bonds. The molecule has 3 rings (SSSR count). The quantitative estimate of drug-likeness (QED) is 0.899. The smallest absolute Gasteiger partial charge is 0.208 e. The van der Waals surface area contributed by atoms with Crippen molar-refractivity contribution in [1.82, 2.24) is 15.1 Å². The molecular formula is C15H26N4OS. The summed E-state index contributed by atoms with van der Waals surface area (Å²) in [4.78, 5) is 4.88. The van der Waals surface area contributed by atoms with Gasteiger partial charge >= 0.3 is 0 Å². The van der Waals surface area contributed by atoms with E-state index in [1.54, 1.807) is 11.3 Å². The molecule has 2 aliphatic heterocycles. The molecule has 2 fully saturated rings. The third-order valence-corrected chi connectivity index (χ3v) is 5.98. The molecule has 0 spiro atoms. The summed E-state index contributed by atoms with van der Waals surface area (Å²) in [7, 11) is 0. The highest BCUT2D eigenvalue weighted by Gasteiger charge is 2.35. The lowest BCUT2D eigenvalue weighted by Gasteiger charge is -2.22. The normalized spacial score (nSPS) is 27.1. The summed E-state index contributed by atoms with van der Waals surface area (Å²) in [6.45, 7) is 10.1. The minimum atomic E-state index is 0.283. The van der Waals surface area contributed by atoms with Crippen molar-refractivity contribution in [3.63, 3.8) is 0 Å². The van der Waals surface area contributed by atoms with Gasteiger partial charge in [0.1, 0.15) is 5.01 Å². The van der Waals surface area contributed by atoms with E-state index in [0.29, 0.717) is 17.8 Å². The lowest BCUT2D eigenvalue weighted by Crippen LogP contribution is -2.31. The zero-order valence-corrected chi connectivity index (χ0v) is 13.8. The molecule has 6 heteroatoms. The summed E-state index contributed by atoms with van der Waals surface area (Å²) < 4.78 is 0. The van der Waals surface area contributed by atoms with Crippen LogP contribution in [0.3, 0.4) is 0 Å². The van der Waals surface area contributed by atoms with Gasteiger partial charge in [-0.2, -0.15) is 0 Å². The maximum atomic E-state index is 9.69. The van der Waals surface area contributed by atoms with E-state index in [0.717, 1.165) is 29.8 Å². The molecule has 5 nitrogen and oxygen atoms in total.